The molecule has 56 valence electrons. The van der Waals surface area contributed by atoms with Crippen molar-refractivity contribution < 1.29 is 16.9 Å². The zero-order valence-electron chi connectivity index (χ0n) is 6.28. The molecule has 0 aromatic heterocycles. The van der Waals surface area contributed by atoms with E-state index < -0.39 is 0 Å². The first-order valence-electron chi connectivity index (χ1n) is 2.58. The predicted octanol–water partition coefficient (Wildman–Crippen LogP) is -1.20. The van der Waals surface area contributed by atoms with Gasteiger partial charge in [-0.05, 0) is 6.92 Å². The molecule has 0 saturated heterocycles. The van der Waals surface area contributed by atoms with Crippen molar-refractivity contribution in [3.8, 4) is 0 Å². The summed E-state index contributed by atoms with van der Waals surface area (Å²) in [6.45, 7) is 1.88. The SMILES string of the molecule is CC(Cl)=C[N+](C)(C)C.[Cl-]. The summed E-state index contributed by atoms with van der Waals surface area (Å²) in [6, 6.07) is 0. The lowest BCUT2D eigenvalue weighted by Gasteiger charge is -2.17. The lowest BCUT2D eigenvalue weighted by Crippen LogP contribution is -3.00. The van der Waals surface area contributed by atoms with E-state index in [2.05, 4.69) is 21.1 Å². The van der Waals surface area contributed by atoms with E-state index in [1.54, 1.807) is 0 Å². The Morgan fingerprint density at radius 3 is 1.67 bits per heavy atom. The van der Waals surface area contributed by atoms with Crippen LogP contribution >= 0.6 is 11.6 Å². The molecule has 3 heteroatoms. The highest BCUT2D eigenvalue weighted by Crippen LogP contribution is 2.02. The van der Waals surface area contributed by atoms with E-state index in [1.165, 1.54) is 0 Å². The van der Waals surface area contributed by atoms with Crippen molar-refractivity contribution in [3.63, 3.8) is 0 Å². The Balaban J connectivity index is 0. The molecule has 0 aliphatic heterocycles. The third-order valence-electron chi connectivity index (χ3n) is 0.565. The molecule has 0 rings (SSSR count). The molecule has 0 N–H and O–H groups in total. The molecular formula is C6H13Cl2N. The number of allylic oxidation sites excluding steroid dienone is 1. The Labute approximate surface area is 68.3 Å². The summed E-state index contributed by atoms with van der Waals surface area (Å²) in [7, 11) is 6.18. The summed E-state index contributed by atoms with van der Waals surface area (Å²) in [4.78, 5) is 0. The minimum atomic E-state index is 0. The average Bonchev–Trinajstić information content (AvgIpc) is 1.21. The molecule has 0 heterocycles. The van der Waals surface area contributed by atoms with Gasteiger partial charge in [-0.1, -0.05) is 11.6 Å². The van der Waals surface area contributed by atoms with E-state index in [-0.39, 0.29) is 12.4 Å². The van der Waals surface area contributed by atoms with Crippen LogP contribution in [-0.2, 0) is 0 Å². The zero-order chi connectivity index (χ0) is 6.78. The minimum Gasteiger partial charge on any atom is -1.00 e. The van der Waals surface area contributed by atoms with Crippen molar-refractivity contribution in [1.29, 1.82) is 0 Å². The van der Waals surface area contributed by atoms with Crippen LogP contribution in [0.3, 0.4) is 0 Å². The Kier molecular flexibility index (Phi) is 5.54. The largest absolute Gasteiger partial charge is 1.00 e. The van der Waals surface area contributed by atoms with Crippen LogP contribution in [-0.4, -0.2) is 25.6 Å². The predicted molar refractivity (Wildman–Crippen MR) is 37.6 cm³/mol. The molecule has 1 nitrogen and oxygen atoms in total. The maximum absolute atomic E-state index is 5.61. The second-order valence-corrected chi connectivity index (χ2v) is 3.43. The summed E-state index contributed by atoms with van der Waals surface area (Å²) < 4.78 is 0.787. The summed E-state index contributed by atoms with van der Waals surface area (Å²) >= 11 is 5.61. The fraction of sp³-hybridized carbons (Fsp3) is 0.667. The molecular weight excluding hydrogens is 157 g/mol. The number of halogens is 2. The van der Waals surface area contributed by atoms with Crippen molar-refractivity contribution in [1.82, 2.24) is 0 Å². The van der Waals surface area contributed by atoms with Gasteiger partial charge in [0.15, 0.2) is 0 Å². The smallest absolute Gasteiger partial charge is 0.110 e. The molecule has 0 bridgehead atoms. The second kappa shape index (κ2) is 4.15. The van der Waals surface area contributed by atoms with Crippen molar-refractivity contribution >= 4 is 11.6 Å². The number of nitrogens with zero attached hydrogens (tertiary/aromatic N) is 1. The van der Waals surface area contributed by atoms with E-state index >= 15 is 0 Å². The third-order valence-corrected chi connectivity index (χ3v) is 0.663. The molecule has 0 aromatic rings. The van der Waals surface area contributed by atoms with Gasteiger partial charge in [-0.15, -0.1) is 0 Å². The Bertz CT molecular complexity index is 98.1. The van der Waals surface area contributed by atoms with Gasteiger partial charge in [-0.2, -0.15) is 0 Å². The molecule has 9 heavy (non-hydrogen) atoms. The molecule has 0 radical (unpaired) electrons. The molecule has 0 atom stereocenters. The van der Waals surface area contributed by atoms with Gasteiger partial charge >= 0.3 is 0 Å². The van der Waals surface area contributed by atoms with Gasteiger partial charge in [0.2, 0.25) is 0 Å². The minimum absolute atomic E-state index is 0. The second-order valence-electron chi connectivity index (χ2n) is 2.83. The summed E-state index contributed by atoms with van der Waals surface area (Å²) in [5, 5.41) is 0.845. The van der Waals surface area contributed by atoms with Crippen LogP contribution in [0, 0.1) is 0 Å². The van der Waals surface area contributed by atoms with Gasteiger partial charge in [-0.3, -0.25) is 0 Å². The van der Waals surface area contributed by atoms with Gasteiger partial charge in [0.05, 0.1) is 26.2 Å². The first kappa shape index (κ1) is 12.0. The van der Waals surface area contributed by atoms with E-state index in [1.807, 2.05) is 13.1 Å². The molecule has 0 spiro atoms. The molecule has 0 aromatic carbocycles. The number of hydrogen-bond donors (Lipinski definition) is 0. The van der Waals surface area contributed by atoms with Crippen molar-refractivity contribution in [2.24, 2.45) is 0 Å². The zero-order valence-corrected chi connectivity index (χ0v) is 7.79. The normalized spacial score (nSPS) is 12.8. The van der Waals surface area contributed by atoms with Crippen LogP contribution < -0.4 is 12.4 Å². The summed E-state index contributed by atoms with van der Waals surface area (Å²) in [5.41, 5.74) is 0. The van der Waals surface area contributed by atoms with Gasteiger partial charge in [0.25, 0.3) is 0 Å². The standard InChI is InChI=1S/C6H13ClN.ClH/c1-6(7)5-8(2,3)4;/h5H,1-4H3;1H/q+1;/p-1. The third kappa shape index (κ3) is 11.7. The van der Waals surface area contributed by atoms with E-state index in [0.29, 0.717) is 0 Å². The quantitative estimate of drug-likeness (QED) is 0.433. The Morgan fingerprint density at radius 2 is 1.67 bits per heavy atom. The summed E-state index contributed by atoms with van der Waals surface area (Å²) in [5.74, 6) is 0. The lowest BCUT2D eigenvalue weighted by molar-refractivity contribution is -0.817. The first-order chi connectivity index (χ1) is 3.42. The van der Waals surface area contributed by atoms with E-state index in [9.17, 15) is 0 Å². The van der Waals surface area contributed by atoms with Crippen LogP contribution in [0.2, 0.25) is 0 Å². The molecule has 0 unspecified atom stereocenters. The van der Waals surface area contributed by atoms with Crippen LogP contribution in [0.4, 0.5) is 0 Å². The number of rotatable bonds is 1. The Hall–Kier alpha value is 0.280. The number of hydrogen-bond acceptors (Lipinski definition) is 0. The van der Waals surface area contributed by atoms with Crippen LogP contribution in [0.25, 0.3) is 0 Å². The fourth-order valence-electron chi connectivity index (χ4n) is 0.534. The van der Waals surface area contributed by atoms with Gasteiger partial charge in [-0.25, -0.2) is 0 Å². The van der Waals surface area contributed by atoms with Crippen molar-refractivity contribution in [2.45, 2.75) is 6.92 Å². The first-order valence-corrected chi connectivity index (χ1v) is 2.96. The monoisotopic (exact) mass is 169 g/mol. The molecule has 0 aliphatic carbocycles. The highest BCUT2D eigenvalue weighted by molar-refractivity contribution is 6.29. The molecule has 0 amide bonds. The maximum atomic E-state index is 5.61. The average molecular weight is 170 g/mol. The topological polar surface area (TPSA) is 0 Å². The van der Waals surface area contributed by atoms with Crippen LogP contribution in [0.5, 0.6) is 0 Å². The van der Waals surface area contributed by atoms with E-state index in [0.717, 1.165) is 9.52 Å². The van der Waals surface area contributed by atoms with E-state index in [4.69, 9.17) is 11.6 Å². The summed E-state index contributed by atoms with van der Waals surface area (Å²) in [6.07, 6.45) is 1.97. The fourth-order valence-corrected chi connectivity index (χ4v) is 0.826. The maximum Gasteiger partial charge on any atom is 0.110 e. The number of quaternary nitrogens is 1. The Morgan fingerprint density at radius 1 is 1.33 bits per heavy atom. The lowest BCUT2D eigenvalue weighted by atomic mass is 10.6. The van der Waals surface area contributed by atoms with Crippen molar-refractivity contribution in [3.05, 3.63) is 11.2 Å². The highest BCUT2D eigenvalue weighted by atomic mass is 35.5. The van der Waals surface area contributed by atoms with Gasteiger partial charge in [0, 0.05) is 0 Å². The molecule has 0 saturated carbocycles. The van der Waals surface area contributed by atoms with Crippen LogP contribution in [0.15, 0.2) is 11.2 Å². The molecule has 0 fully saturated rings. The molecule has 0 aliphatic rings. The van der Waals surface area contributed by atoms with Crippen LogP contribution in [0.1, 0.15) is 6.92 Å². The van der Waals surface area contributed by atoms with Crippen molar-refractivity contribution in [2.75, 3.05) is 21.1 Å². The van der Waals surface area contributed by atoms with Gasteiger partial charge in [0.1, 0.15) is 6.20 Å². The highest BCUT2D eigenvalue weighted by Gasteiger charge is 2.00. The van der Waals surface area contributed by atoms with Gasteiger partial charge < -0.3 is 16.9 Å².